The van der Waals surface area contributed by atoms with Gasteiger partial charge in [-0.1, -0.05) is 29.8 Å². The Bertz CT molecular complexity index is 863. The summed E-state index contributed by atoms with van der Waals surface area (Å²) in [5.41, 5.74) is 5.31. The number of nitrogens with zero attached hydrogens (tertiary/aromatic N) is 3. The fraction of sp³-hybridized carbons (Fsp3) is 0.389. The third-order valence-corrected chi connectivity index (χ3v) is 5.16. The average molecular weight is 332 g/mol. The number of aryl methyl sites for hydroxylation is 2. The van der Waals surface area contributed by atoms with E-state index in [0.29, 0.717) is 18.1 Å². The van der Waals surface area contributed by atoms with Crippen molar-refractivity contribution in [1.29, 1.82) is 0 Å². The SMILES string of the molecule is Cc1nn(CC(O)Cn2c(C)c(C)c3ccccc32)c(C)c1Cl. The molecule has 0 aliphatic rings. The van der Waals surface area contributed by atoms with Gasteiger partial charge in [-0.3, -0.25) is 4.68 Å². The summed E-state index contributed by atoms with van der Waals surface area (Å²) in [6.45, 7) is 9.00. The quantitative estimate of drug-likeness (QED) is 0.790. The molecular weight excluding hydrogens is 310 g/mol. The van der Waals surface area contributed by atoms with Crippen LogP contribution < -0.4 is 0 Å². The first-order valence-electron chi connectivity index (χ1n) is 7.82. The first kappa shape index (κ1) is 16.1. The molecule has 0 spiro atoms. The maximum atomic E-state index is 10.5. The summed E-state index contributed by atoms with van der Waals surface area (Å²) in [6, 6.07) is 8.31. The van der Waals surface area contributed by atoms with Gasteiger partial charge in [-0.2, -0.15) is 5.10 Å². The Morgan fingerprint density at radius 1 is 1.09 bits per heavy atom. The first-order chi connectivity index (χ1) is 10.9. The molecule has 1 atom stereocenters. The predicted octanol–water partition coefficient (Wildman–Crippen LogP) is 3.79. The zero-order valence-electron chi connectivity index (χ0n) is 14.0. The molecule has 2 aromatic heterocycles. The number of aromatic nitrogens is 3. The van der Waals surface area contributed by atoms with E-state index in [1.165, 1.54) is 16.6 Å². The van der Waals surface area contributed by atoms with Crippen LogP contribution in [0, 0.1) is 27.7 Å². The summed E-state index contributed by atoms with van der Waals surface area (Å²) in [4.78, 5) is 0. The van der Waals surface area contributed by atoms with Crippen LogP contribution in [0.15, 0.2) is 24.3 Å². The van der Waals surface area contributed by atoms with Crippen molar-refractivity contribution in [3.8, 4) is 0 Å². The highest BCUT2D eigenvalue weighted by molar-refractivity contribution is 6.31. The molecule has 0 amide bonds. The van der Waals surface area contributed by atoms with Gasteiger partial charge in [0, 0.05) is 16.6 Å². The molecule has 0 aliphatic heterocycles. The Labute approximate surface area is 141 Å². The van der Waals surface area contributed by atoms with Gasteiger partial charge < -0.3 is 9.67 Å². The number of hydrogen-bond donors (Lipinski definition) is 1. The second kappa shape index (κ2) is 6.02. The van der Waals surface area contributed by atoms with Gasteiger partial charge >= 0.3 is 0 Å². The van der Waals surface area contributed by atoms with Crippen molar-refractivity contribution in [3.63, 3.8) is 0 Å². The van der Waals surface area contributed by atoms with Crippen molar-refractivity contribution in [1.82, 2.24) is 14.3 Å². The van der Waals surface area contributed by atoms with E-state index in [1.54, 1.807) is 4.68 Å². The molecule has 5 heteroatoms. The molecule has 1 aromatic carbocycles. The minimum atomic E-state index is -0.530. The van der Waals surface area contributed by atoms with E-state index < -0.39 is 6.10 Å². The number of benzene rings is 1. The molecule has 0 fully saturated rings. The van der Waals surface area contributed by atoms with Gasteiger partial charge in [-0.25, -0.2) is 0 Å². The third kappa shape index (κ3) is 2.77. The van der Waals surface area contributed by atoms with Crippen LogP contribution in [0.5, 0.6) is 0 Å². The van der Waals surface area contributed by atoms with Crippen LogP contribution >= 0.6 is 11.6 Å². The number of aliphatic hydroxyl groups is 1. The van der Waals surface area contributed by atoms with Crippen LogP contribution in [0.25, 0.3) is 10.9 Å². The number of aliphatic hydroxyl groups excluding tert-OH is 1. The maximum absolute atomic E-state index is 10.5. The summed E-state index contributed by atoms with van der Waals surface area (Å²) >= 11 is 6.18. The molecule has 1 N–H and O–H groups in total. The zero-order valence-corrected chi connectivity index (χ0v) is 14.7. The van der Waals surface area contributed by atoms with Gasteiger partial charge in [0.15, 0.2) is 0 Å². The van der Waals surface area contributed by atoms with Crippen LogP contribution in [-0.4, -0.2) is 25.6 Å². The van der Waals surface area contributed by atoms with Gasteiger partial charge in [0.05, 0.1) is 35.6 Å². The summed E-state index contributed by atoms with van der Waals surface area (Å²) < 4.78 is 3.97. The van der Waals surface area contributed by atoms with Gasteiger partial charge in [0.1, 0.15) is 0 Å². The lowest BCUT2D eigenvalue weighted by molar-refractivity contribution is 0.130. The molecule has 0 radical (unpaired) electrons. The third-order valence-electron chi connectivity index (χ3n) is 4.62. The minimum absolute atomic E-state index is 0.435. The first-order valence-corrected chi connectivity index (χ1v) is 8.20. The molecule has 3 aromatic rings. The smallest absolute Gasteiger partial charge is 0.0914 e. The van der Waals surface area contributed by atoms with Gasteiger partial charge in [-0.05, 0) is 39.3 Å². The van der Waals surface area contributed by atoms with Crippen LogP contribution in [0.3, 0.4) is 0 Å². The molecule has 1 unspecified atom stereocenters. The largest absolute Gasteiger partial charge is 0.389 e. The van der Waals surface area contributed by atoms with Crippen molar-refractivity contribution in [2.75, 3.05) is 0 Å². The lowest BCUT2D eigenvalue weighted by Crippen LogP contribution is -2.24. The molecular formula is C18H22ClN3O. The standard InChI is InChI=1S/C18H22ClN3O/c1-11-13(3)21(17-8-6-5-7-16(11)17)9-15(23)10-22-14(4)18(19)12(2)20-22/h5-8,15,23H,9-10H2,1-4H3. The fourth-order valence-electron chi connectivity index (χ4n) is 3.16. The molecule has 122 valence electrons. The van der Waals surface area contributed by atoms with Crippen LogP contribution in [0.1, 0.15) is 22.6 Å². The Morgan fingerprint density at radius 3 is 2.43 bits per heavy atom. The molecule has 0 bridgehead atoms. The van der Waals surface area contributed by atoms with Gasteiger partial charge in [0.25, 0.3) is 0 Å². The predicted molar refractivity (Wildman–Crippen MR) is 94.1 cm³/mol. The molecule has 4 nitrogen and oxygen atoms in total. The second-order valence-electron chi connectivity index (χ2n) is 6.16. The molecule has 3 rings (SSSR count). The second-order valence-corrected chi connectivity index (χ2v) is 6.54. The van der Waals surface area contributed by atoms with Crippen molar-refractivity contribution in [2.45, 2.75) is 46.9 Å². The van der Waals surface area contributed by atoms with E-state index in [9.17, 15) is 5.11 Å². The maximum Gasteiger partial charge on any atom is 0.0914 e. The van der Waals surface area contributed by atoms with Crippen LogP contribution in [-0.2, 0) is 13.1 Å². The van der Waals surface area contributed by atoms with Crippen molar-refractivity contribution in [2.24, 2.45) is 0 Å². The monoisotopic (exact) mass is 331 g/mol. The fourth-order valence-corrected chi connectivity index (χ4v) is 3.30. The number of fused-ring (bicyclic) bond motifs is 1. The molecule has 23 heavy (non-hydrogen) atoms. The highest BCUT2D eigenvalue weighted by Gasteiger charge is 2.16. The van der Waals surface area contributed by atoms with E-state index in [0.717, 1.165) is 16.9 Å². The summed E-state index contributed by atoms with van der Waals surface area (Å²) in [6.07, 6.45) is -0.530. The van der Waals surface area contributed by atoms with Crippen molar-refractivity contribution >= 4 is 22.5 Å². The van der Waals surface area contributed by atoms with E-state index in [2.05, 4.69) is 35.6 Å². The van der Waals surface area contributed by atoms with Crippen molar-refractivity contribution in [3.05, 3.63) is 51.9 Å². The summed E-state index contributed by atoms with van der Waals surface area (Å²) in [7, 11) is 0. The summed E-state index contributed by atoms with van der Waals surface area (Å²) in [5, 5.41) is 16.9. The zero-order chi connectivity index (χ0) is 16.7. The molecule has 2 heterocycles. The number of para-hydroxylation sites is 1. The Kier molecular flexibility index (Phi) is 4.21. The highest BCUT2D eigenvalue weighted by Crippen LogP contribution is 2.25. The topological polar surface area (TPSA) is 43.0 Å². The molecule has 0 aliphatic carbocycles. The summed E-state index contributed by atoms with van der Waals surface area (Å²) in [5.74, 6) is 0. The van der Waals surface area contributed by atoms with E-state index >= 15 is 0 Å². The lowest BCUT2D eigenvalue weighted by atomic mass is 10.2. The van der Waals surface area contributed by atoms with Crippen LogP contribution in [0.2, 0.25) is 5.02 Å². The van der Waals surface area contributed by atoms with E-state index in [1.807, 2.05) is 26.0 Å². The lowest BCUT2D eigenvalue weighted by Gasteiger charge is -2.15. The van der Waals surface area contributed by atoms with E-state index in [-0.39, 0.29) is 0 Å². The highest BCUT2D eigenvalue weighted by atomic mass is 35.5. The Hall–Kier alpha value is -1.78. The number of hydrogen-bond acceptors (Lipinski definition) is 2. The number of halogens is 1. The minimum Gasteiger partial charge on any atom is -0.389 e. The Balaban J connectivity index is 1.87. The normalized spacial score (nSPS) is 13.0. The van der Waals surface area contributed by atoms with E-state index in [4.69, 9.17) is 11.6 Å². The van der Waals surface area contributed by atoms with Gasteiger partial charge in [0.2, 0.25) is 0 Å². The van der Waals surface area contributed by atoms with Crippen LogP contribution in [0.4, 0.5) is 0 Å². The Morgan fingerprint density at radius 2 is 1.78 bits per heavy atom. The molecule has 0 saturated heterocycles. The van der Waals surface area contributed by atoms with Gasteiger partial charge in [-0.15, -0.1) is 0 Å². The average Bonchev–Trinajstić information content (AvgIpc) is 2.91. The number of rotatable bonds is 4. The van der Waals surface area contributed by atoms with Crippen molar-refractivity contribution < 1.29 is 5.11 Å². The molecule has 0 saturated carbocycles.